The van der Waals surface area contributed by atoms with E-state index in [1.807, 2.05) is 24.3 Å². The number of nitrogen functional groups attached to an aromatic ring is 1. The zero-order chi connectivity index (χ0) is 18.4. The second kappa shape index (κ2) is 6.36. The molecule has 2 fully saturated rings. The molecule has 0 aromatic heterocycles. The molecule has 3 heteroatoms. The lowest BCUT2D eigenvalue weighted by Crippen LogP contribution is -2.51. The number of hydrogen-bond donors (Lipinski definition) is 2. The number of nitrogens with zero attached hydrogens (tertiary/aromatic N) is 1. The molecule has 1 saturated carbocycles. The summed E-state index contributed by atoms with van der Waals surface area (Å²) in [7, 11) is 0. The van der Waals surface area contributed by atoms with E-state index in [0.29, 0.717) is 0 Å². The van der Waals surface area contributed by atoms with Crippen molar-refractivity contribution in [1.29, 1.82) is 0 Å². The predicted molar refractivity (Wildman–Crippen MR) is 110 cm³/mol. The molecule has 3 N–H and O–H groups in total. The summed E-state index contributed by atoms with van der Waals surface area (Å²) in [5.74, 6) is 0.543. The van der Waals surface area contributed by atoms with Crippen LogP contribution in [0.3, 0.4) is 0 Å². The van der Waals surface area contributed by atoms with Crippen molar-refractivity contribution in [2.75, 3.05) is 18.8 Å². The summed E-state index contributed by atoms with van der Waals surface area (Å²) in [5, 5.41) is 14.3. The van der Waals surface area contributed by atoms with Crippen LogP contribution in [0.2, 0.25) is 0 Å². The Labute approximate surface area is 160 Å². The minimum Gasteiger partial charge on any atom is -0.399 e. The summed E-state index contributed by atoms with van der Waals surface area (Å²) >= 11 is 0. The number of aliphatic hydroxyl groups is 1. The molecule has 2 atom stereocenters. The maximum atomic E-state index is 11.6. The molecule has 0 amide bonds. The molecule has 3 nitrogen and oxygen atoms in total. The fraction of sp³-hybridized carbons (Fsp3) is 0.333. The number of hydrogen-bond acceptors (Lipinski definition) is 3. The molecule has 1 aliphatic heterocycles. The molecule has 2 bridgehead atoms. The van der Waals surface area contributed by atoms with Gasteiger partial charge in [0.25, 0.3) is 0 Å². The molecule has 1 saturated heterocycles. The van der Waals surface area contributed by atoms with Gasteiger partial charge in [0.2, 0.25) is 0 Å². The van der Waals surface area contributed by atoms with Gasteiger partial charge < -0.3 is 10.8 Å². The van der Waals surface area contributed by atoms with Crippen molar-refractivity contribution >= 4 is 16.5 Å². The van der Waals surface area contributed by atoms with E-state index in [0.717, 1.165) is 43.7 Å². The highest BCUT2D eigenvalue weighted by molar-refractivity contribution is 5.85. The fourth-order valence-electron chi connectivity index (χ4n) is 5.39. The molecule has 0 spiro atoms. The van der Waals surface area contributed by atoms with E-state index in [2.05, 4.69) is 47.4 Å². The predicted octanol–water partition coefficient (Wildman–Crippen LogP) is 4.15. The average molecular weight is 358 g/mol. The van der Waals surface area contributed by atoms with Gasteiger partial charge in [-0.25, -0.2) is 0 Å². The Kier molecular flexibility index (Phi) is 3.96. The van der Waals surface area contributed by atoms with Crippen LogP contribution in [0.25, 0.3) is 10.8 Å². The quantitative estimate of drug-likeness (QED) is 0.692. The summed E-state index contributed by atoms with van der Waals surface area (Å²) in [6.07, 6.45) is 2.17. The molecule has 0 radical (unpaired) electrons. The lowest BCUT2D eigenvalue weighted by molar-refractivity contribution is -0.0913. The monoisotopic (exact) mass is 358 g/mol. The van der Waals surface area contributed by atoms with Gasteiger partial charge in [-0.3, -0.25) is 4.90 Å². The molecular weight excluding hydrogens is 332 g/mol. The van der Waals surface area contributed by atoms with Crippen LogP contribution in [0.1, 0.15) is 24.0 Å². The third-order valence-electron chi connectivity index (χ3n) is 6.69. The summed E-state index contributed by atoms with van der Waals surface area (Å²) in [5.41, 5.74) is 8.38. The number of anilines is 1. The average Bonchev–Trinajstić information content (AvgIpc) is 2.86. The van der Waals surface area contributed by atoms with Gasteiger partial charge in [-0.1, -0.05) is 54.6 Å². The van der Waals surface area contributed by atoms with Crippen LogP contribution in [0, 0.1) is 11.8 Å². The van der Waals surface area contributed by atoms with Crippen molar-refractivity contribution in [3.05, 3.63) is 77.9 Å². The molecule has 27 heavy (non-hydrogen) atoms. The first kappa shape index (κ1) is 16.8. The third-order valence-corrected chi connectivity index (χ3v) is 6.69. The first-order chi connectivity index (χ1) is 13.1. The maximum Gasteiger partial charge on any atom is 0.0977 e. The Balaban J connectivity index is 1.42. The third kappa shape index (κ3) is 2.73. The normalized spacial score (nSPS) is 27.9. The van der Waals surface area contributed by atoms with Crippen molar-refractivity contribution < 1.29 is 5.11 Å². The van der Waals surface area contributed by atoms with Gasteiger partial charge in [0, 0.05) is 37.2 Å². The molecule has 3 aromatic carbocycles. The summed E-state index contributed by atoms with van der Waals surface area (Å²) < 4.78 is 0. The van der Waals surface area contributed by atoms with Gasteiger partial charge in [0.05, 0.1) is 5.60 Å². The largest absolute Gasteiger partial charge is 0.399 e. The Morgan fingerprint density at radius 2 is 1.63 bits per heavy atom. The number of likely N-dealkylation sites (tertiary alicyclic amines) is 1. The van der Waals surface area contributed by atoms with Crippen LogP contribution in [0.4, 0.5) is 5.69 Å². The van der Waals surface area contributed by atoms with Crippen molar-refractivity contribution in [3.8, 4) is 0 Å². The highest BCUT2D eigenvalue weighted by Gasteiger charge is 2.53. The van der Waals surface area contributed by atoms with Gasteiger partial charge in [0.15, 0.2) is 0 Å². The molecule has 2 aliphatic rings. The van der Waals surface area contributed by atoms with E-state index in [4.69, 9.17) is 5.73 Å². The summed E-state index contributed by atoms with van der Waals surface area (Å²) in [4.78, 5) is 2.53. The standard InChI is InChI=1S/C24H26N2O/c25-22-9-4-8-19(13-22)24(27)20-11-12-21(24)16-26(15-20)14-18-7-3-6-17-5-1-2-10-23(17)18/h1-10,13,20-21,27H,11-12,14-16,25H2. The van der Waals surface area contributed by atoms with E-state index >= 15 is 0 Å². The van der Waals surface area contributed by atoms with Crippen LogP contribution in [-0.4, -0.2) is 23.1 Å². The number of nitrogens with two attached hydrogens (primary N) is 1. The number of piperidine rings is 1. The minimum atomic E-state index is -0.732. The molecule has 1 aliphatic carbocycles. The molecule has 3 aromatic rings. The second-order valence-corrected chi connectivity index (χ2v) is 8.25. The summed E-state index contributed by atoms with van der Waals surface area (Å²) in [6.45, 7) is 2.82. The molecule has 2 unspecified atom stereocenters. The van der Waals surface area contributed by atoms with E-state index in [1.165, 1.54) is 16.3 Å². The van der Waals surface area contributed by atoms with Crippen molar-refractivity contribution in [3.63, 3.8) is 0 Å². The van der Waals surface area contributed by atoms with E-state index in [9.17, 15) is 5.11 Å². The van der Waals surface area contributed by atoms with Crippen LogP contribution >= 0.6 is 0 Å². The van der Waals surface area contributed by atoms with Crippen LogP contribution in [-0.2, 0) is 12.1 Å². The fourth-order valence-corrected chi connectivity index (χ4v) is 5.39. The zero-order valence-corrected chi connectivity index (χ0v) is 15.5. The first-order valence-corrected chi connectivity index (χ1v) is 9.92. The van der Waals surface area contributed by atoms with Crippen molar-refractivity contribution in [1.82, 2.24) is 4.90 Å². The number of fused-ring (bicyclic) bond motifs is 3. The first-order valence-electron chi connectivity index (χ1n) is 9.92. The van der Waals surface area contributed by atoms with Gasteiger partial charge in [-0.05, 0) is 46.9 Å². The SMILES string of the molecule is Nc1cccc(C2(O)C3CCC2CN(Cc2cccc4ccccc24)C3)c1. The Morgan fingerprint density at radius 3 is 2.41 bits per heavy atom. The smallest absolute Gasteiger partial charge is 0.0977 e. The second-order valence-electron chi connectivity index (χ2n) is 8.25. The van der Waals surface area contributed by atoms with Crippen LogP contribution < -0.4 is 5.73 Å². The Bertz CT molecular complexity index is 964. The molecular formula is C24H26N2O. The van der Waals surface area contributed by atoms with E-state index in [-0.39, 0.29) is 11.8 Å². The maximum absolute atomic E-state index is 11.6. The Hall–Kier alpha value is -2.36. The highest BCUT2D eigenvalue weighted by atomic mass is 16.3. The van der Waals surface area contributed by atoms with E-state index < -0.39 is 5.60 Å². The topological polar surface area (TPSA) is 49.5 Å². The van der Waals surface area contributed by atoms with Gasteiger partial charge in [-0.2, -0.15) is 0 Å². The zero-order valence-electron chi connectivity index (χ0n) is 15.5. The van der Waals surface area contributed by atoms with Crippen LogP contribution in [0.15, 0.2) is 66.7 Å². The molecule has 138 valence electrons. The van der Waals surface area contributed by atoms with Crippen molar-refractivity contribution in [2.45, 2.75) is 25.0 Å². The number of benzene rings is 3. The summed E-state index contributed by atoms with van der Waals surface area (Å²) in [6, 6.07) is 23.0. The molecule has 5 rings (SSSR count). The van der Waals surface area contributed by atoms with Crippen molar-refractivity contribution in [2.24, 2.45) is 11.8 Å². The Morgan fingerprint density at radius 1 is 0.926 bits per heavy atom. The van der Waals surface area contributed by atoms with Gasteiger partial charge >= 0.3 is 0 Å². The van der Waals surface area contributed by atoms with Crippen LogP contribution in [0.5, 0.6) is 0 Å². The number of rotatable bonds is 3. The lowest BCUT2D eigenvalue weighted by Gasteiger charge is -2.45. The van der Waals surface area contributed by atoms with E-state index in [1.54, 1.807) is 0 Å². The minimum absolute atomic E-state index is 0.271. The molecule has 1 heterocycles. The van der Waals surface area contributed by atoms with Gasteiger partial charge in [0.1, 0.15) is 0 Å². The van der Waals surface area contributed by atoms with Gasteiger partial charge in [-0.15, -0.1) is 0 Å². The lowest BCUT2D eigenvalue weighted by atomic mass is 9.75. The highest BCUT2D eigenvalue weighted by Crippen LogP contribution is 2.51.